The maximum Gasteiger partial charge on any atom is 0.0368 e. The van der Waals surface area contributed by atoms with Gasteiger partial charge in [0.15, 0.2) is 0 Å². The van der Waals surface area contributed by atoms with Gasteiger partial charge in [-0.1, -0.05) is 13.3 Å². The molecule has 98 valence electrons. The lowest BCUT2D eigenvalue weighted by molar-refractivity contribution is 0.00327. The Morgan fingerprint density at radius 3 is 2.59 bits per heavy atom. The Morgan fingerprint density at radius 1 is 1.24 bits per heavy atom. The zero-order valence-electron chi connectivity index (χ0n) is 11.5. The molecular weight excluding hydrogens is 208 g/mol. The van der Waals surface area contributed by atoms with Crippen LogP contribution in [0, 0.1) is 11.8 Å². The first-order chi connectivity index (χ1) is 8.21. The first kappa shape index (κ1) is 12.0. The van der Waals surface area contributed by atoms with Gasteiger partial charge in [0.2, 0.25) is 0 Å². The van der Waals surface area contributed by atoms with Crippen molar-refractivity contribution in [1.29, 1.82) is 0 Å². The molecule has 2 nitrogen and oxygen atoms in total. The van der Waals surface area contributed by atoms with Crippen molar-refractivity contribution >= 4 is 0 Å². The topological polar surface area (TPSA) is 29.3 Å². The third-order valence-corrected chi connectivity index (χ3v) is 6.07. The van der Waals surface area contributed by atoms with Gasteiger partial charge in [-0.05, 0) is 57.3 Å². The molecule has 0 aromatic rings. The molecule has 0 aromatic heterocycles. The maximum atomic E-state index is 6.27. The predicted molar refractivity (Wildman–Crippen MR) is 71.8 cm³/mol. The molecule has 3 aliphatic rings. The molecule has 1 heterocycles. The molecule has 0 aromatic carbocycles. The molecule has 3 fully saturated rings. The second kappa shape index (κ2) is 4.24. The van der Waals surface area contributed by atoms with Crippen LogP contribution in [0.25, 0.3) is 0 Å². The van der Waals surface area contributed by atoms with Crippen molar-refractivity contribution < 1.29 is 0 Å². The van der Waals surface area contributed by atoms with Gasteiger partial charge in [0.25, 0.3) is 0 Å². The predicted octanol–water partition coefficient (Wildman–Crippen LogP) is 2.77. The van der Waals surface area contributed by atoms with Gasteiger partial charge < -0.3 is 5.73 Å². The minimum atomic E-state index is 0.388. The van der Waals surface area contributed by atoms with Gasteiger partial charge in [0.1, 0.15) is 0 Å². The molecule has 17 heavy (non-hydrogen) atoms. The first-order valence-electron chi connectivity index (χ1n) is 7.69. The monoisotopic (exact) mass is 236 g/mol. The van der Waals surface area contributed by atoms with Crippen LogP contribution < -0.4 is 5.73 Å². The Kier molecular flexibility index (Phi) is 2.99. The lowest BCUT2D eigenvalue weighted by Gasteiger charge is -2.49. The summed E-state index contributed by atoms with van der Waals surface area (Å²) < 4.78 is 0. The van der Waals surface area contributed by atoms with E-state index in [0.717, 1.165) is 30.5 Å². The minimum Gasteiger partial charge on any atom is -0.329 e. The highest BCUT2D eigenvalue weighted by atomic mass is 15.3. The van der Waals surface area contributed by atoms with E-state index in [2.05, 4.69) is 18.7 Å². The normalized spacial score (nSPS) is 50.3. The highest BCUT2D eigenvalue weighted by Gasteiger charge is 2.56. The van der Waals surface area contributed by atoms with Gasteiger partial charge in [-0.3, -0.25) is 4.90 Å². The Hall–Kier alpha value is -0.0800. The Balaban J connectivity index is 1.89. The number of hydrogen-bond donors (Lipinski definition) is 1. The number of nitrogens with two attached hydrogens (primary N) is 1. The van der Waals surface area contributed by atoms with Gasteiger partial charge in [-0.15, -0.1) is 0 Å². The molecule has 3 rings (SSSR count). The van der Waals surface area contributed by atoms with Gasteiger partial charge in [0.05, 0.1) is 0 Å². The summed E-state index contributed by atoms with van der Waals surface area (Å²) in [5.74, 6) is 1.90. The highest BCUT2D eigenvalue weighted by molar-refractivity contribution is 5.11. The van der Waals surface area contributed by atoms with Crippen molar-refractivity contribution in [2.75, 3.05) is 6.54 Å². The Labute approximate surface area is 106 Å². The van der Waals surface area contributed by atoms with Crippen LogP contribution in [0.2, 0.25) is 0 Å². The van der Waals surface area contributed by atoms with Crippen LogP contribution in [-0.4, -0.2) is 29.1 Å². The molecule has 2 saturated carbocycles. The van der Waals surface area contributed by atoms with Crippen LogP contribution in [0.1, 0.15) is 58.8 Å². The van der Waals surface area contributed by atoms with E-state index >= 15 is 0 Å². The van der Waals surface area contributed by atoms with E-state index in [1.165, 1.54) is 44.9 Å². The van der Waals surface area contributed by atoms with E-state index in [4.69, 9.17) is 5.73 Å². The fourth-order valence-electron chi connectivity index (χ4n) is 5.36. The van der Waals surface area contributed by atoms with Crippen LogP contribution in [-0.2, 0) is 0 Å². The first-order valence-corrected chi connectivity index (χ1v) is 7.69. The van der Waals surface area contributed by atoms with Crippen molar-refractivity contribution in [1.82, 2.24) is 4.90 Å². The number of likely N-dealkylation sites (tertiary alicyclic amines) is 1. The van der Waals surface area contributed by atoms with Crippen LogP contribution >= 0.6 is 0 Å². The average molecular weight is 236 g/mol. The second-order valence-corrected chi connectivity index (χ2v) is 6.78. The lowest BCUT2D eigenvalue weighted by Crippen LogP contribution is -2.60. The average Bonchev–Trinajstić information content (AvgIpc) is 3.02. The molecular formula is C15H28N2. The third kappa shape index (κ3) is 1.60. The standard InChI is InChI=1S/C15H28N2/c1-3-14-7-4-11(2)17(14)15(10-16)9-12-5-6-13(15)8-12/h11-14H,3-10,16H2,1-2H3. The van der Waals surface area contributed by atoms with Gasteiger partial charge in [0, 0.05) is 24.2 Å². The van der Waals surface area contributed by atoms with E-state index in [-0.39, 0.29) is 0 Å². The molecule has 2 N–H and O–H groups in total. The summed E-state index contributed by atoms with van der Waals surface area (Å²) in [6.45, 7) is 5.68. The molecule has 5 atom stereocenters. The zero-order valence-corrected chi connectivity index (χ0v) is 11.5. The summed E-state index contributed by atoms with van der Waals surface area (Å²) in [4.78, 5) is 2.87. The maximum absolute atomic E-state index is 6.27. The van der Waals surface area contributed by atoms with E-state index in [1.807, 2.05) is 0 Å². The molecule has 2 aliphatic carbocycles. The smallest absolute Gasteiger partial charge is 0.0368 e. The summed E-state index contributed by atoms with van der Waals surface area (Å²) >= 11 is 0. The van der Waals surface area contributed by atoms with Gasteiger partial charge in [-0.25, -0.2) is 0 Å². The molecule has 0 radical (unpaired) electrons. The number of fused-ring (bicyclic) bond motifs is 2. The Bertz CT molecular complexity index is 291. The van der Waals surface area contributed by atoms with E-state index in [0.29, 0.717) is 5.54 Å². The number of nitrogens with zero attached hydrogens (tertiary/aromatic N) is 1. The van der Waals surface area contributed by atoms with E-state index in [1.54, 1.807) is 0 Å². The molecule has 5 unspecified atom stereocenters. The van der Waals surface area contributed by atoms with Crippen molar-refractivity contribution in [3.8, 4) is 0 Å². The molecule has 1 saturated heterocycles. The largest absolute Gasteiger partial charge is 0.329 e. The fraction of sp³-hybridized carbons (Fsp3) is 1.00. The van der Waals surface area contributed by atoms with Gasteiger partial charge in [-0.2, -0.15) is 0 Å². The van der Waals surface area contributed by atoms with Crippen LogP contribution in [0.5, 0.6) is 0 Å². The number of hydrogen-bond acceptors (Lipinski definition) is 2. The van der Waals surface area contributed by atoms with E-state index < -0.39 is 0 Å². The van der Waals surface area contributed by atoms with Crippen molar-refractivity contribution in [2.45, 2.75) is 76.4 Å². The van der Waals surface area contributed by atoms with Crippen molar-refractivity contribution in [2.24, 2.45) is 17.6 Å². The highest BCUT2D eigenvalue weighted by Crippen LogP contribution is 2.55. The van der Waals surface area contributed by atoms with E-state index in [9.17, 15) is 0 Å². The van der Waals surface area contributed by atoms with Crippen LogP contribution in [0.3, 0.4) is 0 Å². The van der Waals surface area contributed by atoms with Crippen LogP contribution in [0.15, 0.2) is 0 Å². The summed E-state index contributed by atoms with van der Waals surface area (Å²) in [7, 11) is 0. The van der Waals surface area contributed by atoms with Crippen LogP contribution in [0.4, 0.5) is 0 Å². The SMILES string of the molecule is CCC1CCC(C)N1C1(CN)CC2CCC1C2. The summed E-state index contributed by atoms with van der Waals surface area (Å²) in [6, 6.07) is 1.58. The summed E-state index contributed by atoms with van der Waals surface area (Å²) in [6.07, 6.45) is 9.89. The Morgan fingerprint density at radius 2 is 2.06 bits per heavy atom. The molecule has 2 heteroatoms. The van der Waals surface area contributed by atoms with Crippen molar-refractivity contribution in [3.05, 3.63) is 0 Å². The summed E-state index contributed by atoms with van der Waals surface area (Å²) in [5.41, 5.74) is 6.66. The van der Waals surface area contributed by atoms with Gasteiger partial charge >= 0.3 is 0 Å². The second-order valence-electron chi connectivity index (χ2n) is 6.78. The zero-order chi connectivity index (χ0) is 12.0. The molecule has 2 bridgehead atoms. The van der Waals surface area contributed by atoms with Crippen molar-refractivity contribution in [3.63, 3.8) is 0 Å². The minimum absolute atomic E-state index is 0.388. The number of rotatable bonds is 3. The fourth-order valence-corrected chi connectivity index (χ4v) is 5.36. The lowest BCUT2D eigenvalue weighted by atomic mass is 9.78. The molecule has 0 amide bonds. The summed E-state index contributed by atoms with van der Waals surface area (Å²) in [5, 5.41) is 0. The molecule has 0 spiro atoms. The third-order valence-electron chi connectivity index (χ3n) is 6.07. The quantitative estimate of drug-likeness (QED) is 0.816. The molecule has 1 aliphatic heterocycles.